The number of hydrogen-bond acceptors (Lipinski definition) is 1. The van der Waals surface area contributed by atoms with Crippen molar-refractivity contribution in [3.05, 3.63) is 0 Å². The molecule has 0 spiro atoms. The summed E-state index contributed by atoms with van der Waals surface area (Å²) < 4.78 is 71.2. The van der Waals surface area contributed by atoms with Gasteiger partial charge < -0.3 is 0 Å². The highest BCUT2D eigenvalue weighted by Gasteiger charge is 2.34. The highest BCUT2D eigenvalue weighted by Crippen LogP contribution is 2.34. The molecule has 0 saturated heterocycles. The summed E-state index contributed by atoms with van der Waals surface area (Å²) in [4.78, 5) is 0. The van der Waals surface area contributed by atoms with Gasteiger partial charge in [-0.2, -0.15) is 38.1 Å². The Bertz CT molecular complexity index is 165. The number of hydrogen-bond donors (Lipinski definition) is 0. The van der Waals surface area contributed by atoms with Crippen LogP contribution in [-0.2, 0) is 0 Å². The Kier molecular flexibility index (Phi) is 5.29. The molecule has 0 aromatic rings. The summed E-state index contributed by atoms with van der Waals surface area (Å²) >= 11 is 0.713. The van der Waals surface area contributed by atoms with Crippen molar-refractivity contribution in [1.82, 2.24) is 0 Å². The van der Waals surface area contributed by atoms with Crippen molar-refractivity contribution < 1.29 is 26.3 Å². The van der Waals surface area contributed by atoms with E-state index in [4.69, 9.17) is 0 Å². The fraction of sp³-hybridized carbons (Fsp3) is 1.00. The maximum Gasteiger partial charge on any atom is 0.390 e. The van der Waals surface area contributed by atoms with Gasteiger partial charge in [-0.25, -0.2) is 0 Å². The molecule has 0 aliphatic carbocycles. The van der Waals surface area contributed by atoms with E-state index < -0.39 is 35.7 Å². The smallest absolute Gasteiger partial charge is 0.171 e. The van der Waals surface area contributed by atoms with E-state index in [1.165, 1.54) is 13.8 Å². The van der Waals surface area contributed by atoms with Gasteiger partial charge in [0.2, 0.25) is 0 Å². The van der Waals surface area contributed by atoms with Gasteiger partial charge in [0.15, 0.2) is 0 Å². The van der Waals surface area contributed by atoms with Crippen molar-refractivity contribution >= 4 is 11.8 Å². The summed E-state index contributed by atoms with van der Waals surface area (Å²) in [5.74, 6) is 0. The molecule has 15 heavy (non-hydrogen) atoms. The molecule has 0 rings (SSSR count). The first kappa shape index (κ1) is 14.9. The molecule has 0 bridgehead atoms. The Labute approximate surface area is 88.4 Å². The molecule has 0 N–H and O–H groups in total. The highest BCUT2D eigenvalue weighted by molar-refractivity contribution is 8.00. The third kappa shape index (κ3) is 10.2. The molecule has 0 nitrogen and oxygen atoms in total. The molecule has 0 aromatic heterocycles. The van der Waals surface area contributed by atoms with Crippen molar-refractivity contribution in [2.45, 2.75) is 49.5 Å². The average Bonchev–Trinajstić information content (AvgIpc) is 1.73. The molecule has 2 atom stereocenters. The molecule has 92 valence electrons. The third-order valence-electron chi connectivity index (χ3n) is 1.50. The quantitative estimate of drug-likeness (QED) is 0.670. The predicted octanol–water partition coefficient (Wildman–Crippen LogP) is 4.40. The fourth-order valence-corrected chi connectivity index (χ4v) is 2.51. The van der Waals surface area contributed by atoms with Crippen LogP contribution in [0.4, 0.5) is 26.3 Å². The second kappa shape index (κ2) is 5.32. The van der Waals surface area contributed by atoms with Crippen LogP contribution in [0.15, 0.2) is 0 Å². The van der Waals surface area contributed by atoms with E-state index in [-0.39, 0.29) is 0 Å². The maximum atomic E-state index is 11.9. The zero-order chi connectivity index (χ0) is 12.3. The molecule has 0 heterocycles. The van der Waals surface area contributed by atoms with E-state index in [9.17, 15) is 26.3 Å². The lowest BCUT2D eigenvalue weighted by Gasteiger charge is -2.19. The summed E-state index contributed by atoms with van der Waals surface area (Å²) in [6.07, 6.45) is -10.7. The van der Waals surface area contributed by atoms with Gasteiger partial charge in [0, 0.05) is 10.5 Å². The molecule has 2 unspecified atom stereocenters. The minimum atomic E-state index is -4.32. The van der Waals surface area contributed by atoms with E-state index >= 15 is 0 Å². The molecular weight excluding hydrogens is 242 g/mol. The van der Waals surface area contributed by atoms with Crippen molar-refractivity contribution in [2.24, 2.45) is 0 Å². The number of thioether (sulfide) groups is 1. The Morgan fingerprint density at radius 2 is 1.07 bits per heavy atom. The Balaban J connectivity index is 3.92. The van der Waals surface area contributed by atoms with Crippen LogP contribution in [0.25, 0.3) is 0 Å². The predicted molar refractivity (Wildman–Crippen MR) is 47.9 cm³/mol. The van der Waals surface area contributed by atoms with Gasteiger partial charge in [0.1, 0.15) is 0 Å². The summed E-state index contributed by atoms with van der Waals surface area (Å²) in [7, 11) is 0. The summed E-state index contributed by atoms with van der Waals surface area (Å²) in [6, 6.07) is 0. The van der Waals surface area contributed by atoms with E-state index in [0.717, 1.165) is 0 Å². The van der Waals surface area contributed by atoms with Crippen molar-refractivity contribution in [2.75, 3.05) is 0 Å². The highest BCUT2D eigenvalue weighted by atomic mass is 32.2. The molecule has 0 amide bonds. The van der Waals surface area contributed by atoms with E-state index in [1.807, 2.05) is 0 Å². The zero-order valence-corrected chi connectivity index (χ0v) is 9.06. The molecular formula is C8H12F6S. The van der Waals surface area contributed by atoms with Gasteiger partial charge in [-0.05, 0) is 0 Å². The first-order chi connectivity index (χ1) is 6.49. The molecule has 0 aliphatic heterocycles. The topological polar surface area (TPSA) is 0 Å². The lowest BCUT2D eigenvalue weighted by molar-refractivity contribution is -0.134. The van der Waals surface area contributed by atoms with Crippen LogP contribution in [0.1, 0.15) is 26.7 Å². The molecule has 0 radical (unpaired) electrons. The van der Waals surface area contributed by atoms with Gasteiger partial charge >= 0.3 is 12.4 Å². The average molecular weight is 254 g/mol. The maximum absolute atomic E-state index is 11.9. The van der Waals surface area contributed by atoms with Crippen LogP contribution < -0.4 is 0 Å². The second-order valence-corrected chi connectivity index (χ2v) is 5.28. The minimum absolute atomic E-state index is 0.713. The molecule has 0 fully saturated rings. The molecule has 7 heteroatoms. The minimum Gasteiger partial charge on any atom is -0.171 e. The first-order valence-corrected chi connectivity index (χ1v) is 5.23. The number of alkyl halides is 6. The fourth-order valence-electron chi connectivity index (χ4n) is 1.14. The van der Waals surface area contributed by atoms with Crippen LogP contribution in [0.3, 0.4) is 0 Å². The van der Waals surface area contributed by atoms with Crippen LogP contribution in [0.5, 0.6) is 0 Å². The van der Waals surface area contributed by atoms with Gasteiger partial charge in [0.05, 0.1) is 12.8 Å². The lowest BCUT2D eigenvalue weighted by Crippen LogP contribution is -2.20. The van der Waals surface area contributed by atoms with E-state index in [0.29, 0.717) is 11.8 Å². The van der Waals surface area contributed by atoms with Crippen LogP contribution in [-0.4, -0.2) is 22.9 Å². The van der Waals surface area contributed by atoms with Crippen molar-refractivity contribution in [3.63, 3.8) is 0 Å². The number of halogens is 6. The normalized spacial score (nSPS) is 17.6. The monoisotopic (exact) mass is 254 g/mol. The van der Waals surface area contributed by atoms with Crippen LogP contribution in [0, 0.1) is 0 Å². The van der Waals surface area contributed by atoms with Gasteiger partial charge in [-0.1, -0.05) is 13.8 Å². The lowest BCUT2D eigenvalue weighted by atomic mass is 10.3. The standard InChI is InChI=1S/C8H12F6S/c1-5(3-7(9,10)11)15-6(2)4-8(12,13)14/h5-6H,3-4H2,1-2H3. The Morgan fingerprint density at radius 1 is 0.800 bits per heavy atom. The van der Waals surface area contributed by atoms with Gasteiger partial charge in [0.25, 0.3) is 0 Å². The van der Waals surface area contributed by atoms with E-state index in [2.05, 4.69) is 0 Å². The SMILES string of the molecule is CC(CC(F)(F)F)SC(C)CC(F)(F)F. The number of rotatable bonds is 4. The summed E-state index contributed by atoms with van der Waals surface area (Å²) in [5, 5.41) is -1.69. The van der Waals surface area contributed by atoms with Crippen molar-refractivity contribution in [1.29, 1.82) is 0 Å². The summed E-state index contributed by atoms with van der Waals surface area (Å²) in [6.45, 7) is 2.57. The molecule has 0 aliphatic rings. The molecule has 0 aromatic carbocycles. The Hall–Kier alpha value is -0.0700. The first-order valence-electron chi connectivity index (χ1n) is 4.28. The Morgan fingerprint density at radius 3 is 1.27 bits per heavy atom. The van der Waals surface area contributed by atoms with E-state index in [1.54, 1.807) is 0 Å². The largest absolute Gasteiger partial charge is 0.390 e. The van der Waals surface area contributed by atoms with Crippen LogP contribution in [0.2, 0.25) is 0 Å². The third-order valence-corrected chi connectivity index (χ3v) is 2.77. The summed E-state index contributed by atoms with van der Waals surface area (Å²) in [5.41, 5.74) is 0. The van der Waals surface area contributed by atoms with Crippen LogP contribution >= 0.6 is 11.8 Å². The van der Waals surface area contributed by atoms with Crippen molar-refractivity contribution in [3.8, 4) is 0 Å². The second-order valence-electron chi connectivity index (χ2n) is 3.40. The van der Waals surface area contributed by atoms with Gasteiger partial charge in [-0.3, -0.25) is 0 Å². The van der Waals surface area contributed by atoms with Gasteiger partial charge in [-0.15, -0.1) is 0 Å². The zero-order valence-electron chi connectivity index (χ0n) is 8.24. The molecule has 0 saturated carbocycles.